The molecule has 3 nitrogen and oxygen atoms in total. The minimum atomic E-state index is 0.167. The minimum absolute atomic E-state index is 0.167. The highest BCUT2D eigenvalue weighted by molar-refractivity contribution is 5.47. The Balaban J connectivity index is 3.09. The largest absolute Gasteiger partial charge is 0.496 e. The fourth-order valence-corrected chi connectivity index (χ4v) is 2.08. The number of nitrogens with two attached hydrogens (primary N) is 1. The first-order chi connectivity index (χ1) is 8.65. The van der Waals surface area contributed by atoms with Gasteiger partial charge in [-0.3, -0.25) is 0 Å². The van der Waals surface area contributed by atoms with Gasteiger partial charge in [0, 0.05) is 6.04 Å². The van der Waals surface area contributed by atoms with Crippen LogP contribution in [-0.4, -0.2) is 20.3 Å². The van der Waals surface area contributed by atoms with Crippen LogP contribution < -0.4 is 15.2 Å². The van der Waals surface area contributed by atoms with Gasteiger partial charge in [0.2, 0.25) is 0 Å². The van der Waals surface area contributed by atoms with Gasteiger partial charge >= 0.3 is 0 Å². The molecular weight excluding hydrogens is 226 g/mol. The van der Waals surface area contributed by atoms with Crippen molar-refractivity contribution in [2.24, 2.45) is 5.73 Å². The van der Waals surface area contributed by atoms with Crippen molar-refractivity contribution in [2.45, 2.75) is 45.6 Å². The van der Waals surface area contributed by atoms with Crippen LogP contribution in [0.4, 0.5) is 0 Å². The summed E-state index contributed by atoms with van der Waals surface area (Å²) in [5, 5.41) is 0. The Morgan fingerprint density at radius 1 is 1.06 bits per heavy atom. The molecule has 0 heterocycles. The Hall–Kier alpha value is -1.22. The Bertz CT molecular complexity index is 377. The molecule has 1 rings (SSSR count). The van der Waals surface area contributed by atoms with Crippen LogP contribution in [0, 0.1) is 0 Å². The molecule has 0 aromatic heterocycles. The van der Waals surface area contributed by atoms with Crippen molar-refractivity contribution in [1.82, 2.24) is 0 Å². The normalized spacial score (nSPS) is 12.3. The molecule has 18 heavy (non-hydrogen) atoms. The summed E-state index contributed by atoms with van der Waals surface area (Å²) >= 11 is 0. The molecule has 1 unspecified atom stereocenters. The van der Waals surface area contributed by atoms with E-state index in [-0.39, 0.29) is 6.04 Å². The van der Waals surface area contributed by atoms with Crippen molar-refractivity contribution in [1.29, 1.82) is 0 Å². The first-order valence-electron chi connectivity index (χ1n) is 6.65. The van der Waals surface area contributed by atoms with Gasteiger partial charge in [0.1, 0.15) is 11.5 Å². The minimum Gasteiger partial charge on any atom is -0.496 e. The first kappa shape index (κ1) is 14.8. The van der Waals surface area contributed by atoms with Gasteiger partial charge in [-0.25, -0.2) is 0 Å². The molecule has 0 amide bonds. The topological polar surface area (TPSA) is 44.5 Å². The summed E-state index contributed by atoms with van der Waals surface area (Å²) in [7, 11) is 3.42. The van der Waals surface area contributed by atoms with Crippen LogP contribution in [0.5, 0.6) is 11.5 Å². The van der Waals surface area contributed by atoms with E-state index in [1.54, 1.807) is 14.2 Å². The highest BCUT2D eigenvalue weighted by Gasteiger charge is 2.12. The number of rotatable bonds is 7. The van der Waals surface area contributed by atoms with Crippen molar-refractivity contribution in [3.8, 4) is 11.5 Å². The molecule has 0 aliphatic heterocycles. The zero-order valence-electron chi connectivity index (χ0n) is 12.0. The van der Waals surface area contributed by atoms with Crippen LogP contribution in [0.2, 0.25) is 0 Å². The van der Waals surface area contributed by atoms with E-state index in [1.807, 2.05) is 0 Å². The fourth-order valence-electron chi connectivity index (χ4n) is 2.08. The molecule has 0 spiro atoms. The molecule has 0 radical (unpaired) electrons. The third-order valence-electron chi connectivity index (χ3n) is 3.21. The molecule has 3 heteroatoms. The maximum atomic E-state index is 6.02. The molecule has 1 atom stereocenters. The van der Waals surface area contributed by atoms with Crippen molar-refractivity contribution >= 4 is 0 Å². The van der Waals surface area contributed by atoms with E-state index < -0.39 is 0 Å². The van der Waals surface area contributed by atoms with Crippen LogP contribution in [0.1, 0.15) is 37.8 Å². The van der Waals surface area contributed by atoms with Gasteiger partial charge in [-0.15, -0.1) is 0 Å². The van der Waals surface area contributed by atoms with Crippen LogP contribution in [0.15, 0.2) is 12.1 Å². The predicted octanol–water partition coefficient (Wildman–Crippen LogP) is 2.94. The van der Waals surface area contributed by atoms with Gasteiger partial charge in [0.05, 0.1) is 14.2 Å². The Kier molecular flexibility index (Phi) is 5.99. The number of benzene rings is 1. The molecule has 0 aliphatic rings. The van der Waals surface area contributed by atoms with E-state index in [0.717, 1.165) is 42.7 Å². The standard InChI is InChI=1S/C15H25NO2/c1-5-7-11-9-15(18-4)12(8-13(16)6-2)10-14(11)17-3/h9-10,13H,5-8,16H2,1-4H3. The molecule has 1 aromatic rings. The molecule has 0 saturated carbocycles. The average Bonchev–Trinajstić information content (AvgIpc) is 2.39. The maximum Gasteiger partial charge on any atom is 0.122 e. The summed E-state index contributed by atoms with van der Waals surface area (Å²) in [5.41, 5.74) is 8.35. The van der Waals surface area contributed by atoms with Crippen molar-refractivity contribution in [2.75, 3.05) is 14.2 Å². The van der Waals surface area contributed by atoms with Crippen LogP contribution in [-0.2, 0) is 12.8 Å². The second-order valence-corrected chi connectivity index (χ2v) is 4.60. The Morgan fingerprint density at radius 2 is 1.61 bits per heavy atom. The lowest BCUT2D eigenvalue weighted by Crippen LogP contribution is -2.21. The summed E-state index contributed by atoms with van der Waals surface area (Å²) in [6.45, 7) is 4.26. The lowest BCUT2D eigenvalue weighted by atomic mass is 9.99. The third-order valence-corrected chi connectivity index (χ3v) is 3.21. The van der Waals surface area contributed by atoms with Crippen molar-refractivity contribution < 1.29 is 9.47 Å². The summed E-state index contributed by atoms with van der Waals surface area (Å²) in [6, 6.07) is 4.32. The van der Waals surface area contributed by atoms with Gasteiger partial charge in [0.25, 0.3) is 0 Å². The predicted molar refractivity (Wildman–Crippen MR) is 75.5 cm³/mol. The van der Waals surface area contributed by atoms with E-state index in [4.69, 9.17) is 15.2 Å². The smallest absolute Gasteiger partial charge is 0.122 e. The highest BCUT2D eigenvalue weighted by Crippen LogP contribution is 2.30. The second kappa shape index (κ2) is 7.27. The van der Waals surface area contributed by atoms with E-state index in [0.29, 0.717) is 0 Å². The fraction of sp³-hybridized carbons (Fsp3) is 0.600. The van der Waals surface area contributed by atoms with Gasteiger partial charge < -0.3 is 15.2 Å². The van der Waals surface area contributed by atoms with E-state index in [2.05, 4.69) is 26.0 Å². The zero-order valence-corrected chi connectivity index (χ0v) is 12.0. The summed E-state index contributed by atoms with van der Waals surface area (Å²) in [5.74, 6) is 1.86. The van der Waals surface area contributed by atoms with Crippen LogP contribution >= 0.6 is 0 Å². The molecule has 0 fully saturated rings. The number of hydrogen-bond acceptors (Lipinski definition) is 3. The molecule has 102 valence electrons. The molecule has 1 aromatic carbocycles. The molecule has 0 bridgehead atoms. The van der Waals surface area contributed by atoms with Gasteiger partial charge in [-0.1, -0.05) is 20.3 Å². The van der Waals surface area contributed by atoms with Crippen molar-refractivity contribution in [3.63, 3.8) is 0 Å². The third kappa shape index (κ3) is 3.64. The molecule has 0 saturated heterocycles. The maximum absolute atomic E-state index is 6.02. The van der Waals surface area contributed by atoms with E-state index >= 15 is 0 Å². The lowest BCUT2D eigenvalue weighted by Gasteiger charge is -2.16. The number of methoxy groups -OCH3 is 2. The number of ether oxygens (including phenoxy) is 2. The number of hydrogen-bond donors (Lipinski definition) is 1. The second-order valence-electron chi connectivity index (χ2n) is 4.60. The summed E-state index contributed by atoms with van der Waals surface area (Å²) in [4.78, 5) is 0. The monoisotopic (exact) mass is 251 g/mol. The average molecular weight is 251 g/mol. The molecular formula is C15H25NO2. The summed E-state index contributed by atoms with van der Waals surface area (Å²) < 4.78 is 10.9. The quantitative estimate of drug-likeness (QED) is 0.810. The highest BCUT2D eigenvalue weighted by atomic mass is 16.5. The molecule has 2 N–H and O–H groups in total. The van der Waals surface area contributed by atoms with Crippen LogP contribution in [0.3, 0.4) is 0 Å². The van der Waals surface area contributed by atoms with E-state index in [1.165, 1.54) is 5.56 Å². The zero-order chi connectivity index (χ0) is 13.5. The van der Waals surface area contributed by atoms with Gasteiger partial charge in [-0.05, 0) is 42.5 Å². The molecule has 0 aliphatic carbocycles. The number of aryl methyl sites for hydroxylation is 1. The van der Waals surface area contributed by atoms with Crippen molar-refractivity contribution in [3.05, 3.63) is 23.3 Å². The van der Waals surface area contributed by atoms with Crippen LogP contribution in [0.25, 0.3) is 0 Å². The van der Waals surface area contributed by atoms with Gasteiger partial charge in [-0.2, -0.15) is 0 Å². The summed E-state index contributed by atoms with van der Waals surface area (Å²) in [6.07, 6.45) is 3.87. The Morgan fingerprint density at radius 3 is 2.11 bits per heavy atom. The Labute approximate surface area is 110 Å². The lowest BCUT2D eigenvalue weighted by molar-refractivity contribution is 0.393. The SMILES string of the molecule is CCCc1cc(OC)c(CC(N)CC)cc1OC. The van der Waals surface area contributed by atoms with Gasteiger partial charge in [0.15, 0.2) is 0 Å². The van der Waals surface area contributed by atoms with E-state index in [9.17, 15) is 0 Å². The first-order valence-corrected chi connectivity index (χ1v) is 6.65.